The summed E-state index contributed by atoms with van der Waals surface area (Å²) in [6.45, 7) is 0.401. The number of hydrogen-bond donors (Lipinski definition) is 1. The van der Waals surface area contributed by atoms with Crippen LogP contribution in [0.3, 0.4) is 0 Å². The number of aromatic nitrogens is 3. The Hall–Kier alpha value is -3.87. The maximum absolute atomic E-state index is 12.9. The number of rotatable bonds is 4. The molecule has 0 spiro atoms. The molecule has 0 amide bonds. The maximum atomic E-state index is 12.9. The lowest BCUT2D eigenvalue weighted by Gasteiger charge is -2.08. The number of nitrogens with one attached hydrogen (secondary N) is 1. The van der Waals surface area contributed by atoms with E-state index in [1.165, 1.54) is 12.1 Å². The van der Waals surface area contributed by atoms with Crippen LogP contribution in [0.5, 0.6) is 5.75 Å². The smallest absolute Gasteiger partial charge is 0.416 e. The molecule has 1 N–H and O–H groups in total. The number of benzene rings is 2. The molecule has 0 saturated carbocycles. The Bertz CT molecular complexity index is 1410. The minimum atomic E-state index is -4.35. The second-order valence-electron chi connectivity index (χ2n) is 7.53. The van der Waals surface area contributed by atoms with E-state index in [2.05, 4.69) is 9.97 Å². The van der Waals surface area contributed by atoms with E-state index in [0.29, 0.717) is 6.54 Å². The van der Waals surface area contributed by atoms with Gasteiger partial charge >= 0.3 is 6.18 Å². The molecule has 0 aliphatic carbocycles. The van der Waals surface area contributed by atoms with Gasteiger partial charge in [0.2, 0.25) is 0 Å². The van der Waals surface area contributed by atoms with Crippen molar-refractivity contribution < 1.29 is 22.5 Å². The Morgan fingerprint density at radius 2 is 1.78 bits per heavy atom. The predicted molar refractivity (Wildman–Crippen MR) is 116 cm³/mol. The predicted octanol–water partition coefficient (Wildman–Crippen LogP) is 5.75. The average molecular weight is 434 g/mol. The van der Waals surface area contributed by atoms with E-state index in [9.17, 15) is 13.2 Å². The zero-order valence-electron chi connectivity index (χ0n) is 17.1. The van der Waals surface area contributed by atoms with Gasteiger partial charge in [0.1, 0.15) is 17.0 Å². The van der Waals surface area contributed by atoms with Gasteiger partial charge in [-0.25, -0.2) is 4.98 Å². The van der Waals surface area contributed by atoms with Crippen LogP contribution in [0.2, 0.25) is 0 Å². The summed E-state index contributed by atoms with van der Waals surface area (Å²) in [5.41, 5.74) is 3.60. The third-order valence-electron chi connectivity index (χ3n) is 5.53. The van der Waals surface area contributed by atoms with Gasteiger partial charge in [0.25, 0.3) is 5.69 Å². The van der Waals surface area contributed by atoms with Gasteiger partial charge in [-0.3, -0.25) is 0 Å². The van der Waals surface area contributed by atoms with E-state index in [1.54, 1.807) is 13.3 Å². The summed E-state index contributed by atoms with van der Waals surface area (Å²) < 4.78 is 46.2. The van der Waals surface area contributed by atoms with Crippen LogP contribution in [0.4, 0.5) is 13.2 Å². The van der Waals surface area contributed by atoms with Gasteiger partial charge < -0.3 is 9.72 Å². The number of halogens is 3. The lowest BCUT2D eigenvalue weighted by molar-refractivity contribution is -0.676. The molecule has 160 valence electrons. The number of fused-ring (bicyclic) bond motifs is 3. The van der Waals surface area contributed by atoms with E-state index in [4.69, 9.17) is 4.74 Å². The summed E-state index contributed by atoms with van der Waals surface area (Å²) in [6, 6.07) is 18.8. The van der Waals surface area contributed by atoms with E-state index in [0.717, 1.165) is 56.6 Å². The number of methoxy groups -OCH3 is 1. The van der Waals surface area contributed by atoms with E-state index >= 15 is 0 Å². The number of nitrogens with zero attached hydrogens (tertiary/aromatic N) is 2. The first kappa shape index (κ1) is 20.1. The molecular weight excluding hydrogens is 415 g/mol. The average Bonchev–Trinajstić information content (AvgIpc) is 3.17. The molecule has 2 aromatic carbocycles. The van der Waals surface area contributed by atoms with Crippen molar-refractivity contribution in [2.45, 2.75) is 12.7 Å². The lowest BCUT2D eigenvalue weighted by Crippen LogP contribution is -2.37. The van der Waals surface area contributed by atoms with Crippen molar-refractivity contribution in [2.75, 3.05) is 7.11 Å². The SMILES string of the molecule is COc1ccc2[nH]c3c(-c4ccccn4)[n+](Cc4ccc(C(F)(F)F)cc4)ccc3c2c1. The van der Waals surface area contributed by atoms with Crippen LogP contribution in [-0.2, 0) is 12.7 Å². The number of ether oxygens (including phenoxy) is 1. The molecule has 5 aromatic rings. The fraction of sp³-hybridized carbons (Fsp3) is 0.120. The summed E-state index contributed by atoms with van der Waals surface area (Å²) in [6.07, 6.45) is -0.686. The highest BCUT2D eigenvalue weighted by atomic mass is 19.4. The molecule has 3 heterocycles. The first-order valence-electron chi connectivity index (χ1n) is 10.0. The second kappa shape index (κ2) is 7.67. The van der Waals surface area contributed by atoms with E-state index < -0.39 is 11.7 Å². The van der Waals surface area contributed by atoms with E-state index in [1.807, 2.05) is 53.2 Å². The van der Waals surface area contributed by atoms with Crippen LogP contribution in [0.25, 0.3) is 33.2 Å². The first-order chi connectivity index (χ1) is 15.4. The van der Waals surface area contributed by atoms with E-state index in [-0.39, 0.29) is 0 Å². The second-order valence-corrected chi connectivity index (χ2v) is 7.53. The van der Waals surface area contributed by atoms with Gasteiger partial charge in [0.05, 0.1) is 12.7 Å². The fourth-order valence-electron chi connectivity index (χ4n) is 3.97. The third-order valence-corrected chi connectivity index (χ3v) is 5.53. The molecular formula is C25H19F3N3O+. The zero-order valence-corrected chi connectivity index (χ0v) is 17.1. The van der Waals surface area contributed by atoms with Crippen LogP contribution in [0.15, 0.2) is 79.1 Å². The van der Waals surface area contributed by atoms with Crippen LogP contribution < -0.4 is 9.30 Å². The van der Waals surface area contributed by atoms with Crippen LogP contribution in [-0.4, -0.2) is 17.1 Å². The molecule has 7 heteroatoms. The molecule has 0 unspecified atom stereocenters. The maximum Gasteiger partial charge on any atom is 0.416 e. The summed E-state index contributed by atoms with van der Waals surface area (Å²) in [4.78, 5) is 8.02. The molecule has 0 radical (unpaired) electrons. The molecule has 4 nitrogen and oxygen atoms in total. The highest BCUT2D eigenvalue weighted by Crippen LogP contribution is 2.33. The zero-order chi connectivity index (χ0) is 22.3. The van der Waals surface area contributed by atoms with Crippen molar-refractivity contribution in [2.24, 2.45) is 0 Å². The number of aromatic amines is 1. The molecule has 3 aromatic heterocycles. The van der Waals surface area contributed by atoms with Crippen molar-refractivity contribution in [1.29, 1.82) is 0 Å². The topological polar surface area (TPSA) is 41.8 Å². The number of H-pyrrole nitrogens is 1. The molecule has 0 saturated heterocycles. The Labute approximate surface area is 181 Å². The van der Waals surface area contributed by atoms with Crippen molar-refractivity contribution in [3.8, 4) is 17.1 Å². The summed E-state index contributed by atoms with van der Waals surface area (Å²) in [5.74, 6) is 0.763. The first-order valence-corrected chi connectivity index (χ1v) is 10.0. The normalized spacial score (nSPS) is 11.9. The van der Waals surface area contributed by atoms with Crippen molar-refractivity contribution in [3.63, 3.8) is 0 Å². The minimum Gasteiger partial charge on any atom is -0.497 e. The molecule has 0 fully saturated rings. The number of pyridine rings is 2. The van der Waals surface area contributed by atoms with Crippen molar-refractivity contribution >= 4 is 21.8 Å². The molecule has 5 rings (SSSR count). The summed E-state index contributed by atoms with van der Waals surface area (Å²) >= 11 is 0. The monoisotopic (exact) mass is 434 g/mol. The van der Waals surface area contributed by atoms with Crippen molar-refractivity contribution in [1.82, 2.24) is 9.97 Å². The quantitative estimate of drug-likeness (QED) is 0.366. The Balaban J connectivity index is 1.67. The standard InChI is InChI=1S/C25H18F3N3O/c1-32-18-9-10-21-20(14-18)19-11-13-31(15-16-5-7-17(8-6-16)25(26,27)28)24(23(19)30-21)22-4-2-3-12-29-22/h2-14H,15H2,1H3/p+1. The highest BCUT2D eigenvalue weighted by molar-refractivity contribution is 6.10. The molecule has 32 heavy (non-hydrogen) atoms. The molecule has 0 aliphatic heterocycles. The van der Waals surface area contributed by atoms with Gasteiger partial charge in [0, 0.05) is 34.1 Å². The number of hydrogen-bond acceptors (Lipinski definition) is 2. The van der Waals surface area contributed by atoms with Gasteiger partial charge in [-0.05, 0) is 42.5 Å². The summed E-state index contributed by atoms with van der Waals surface area (Å²) in [5, 5.41) is 2.04. The minimum absolute atomic E-state index is 0.401. The Morgan fingerprint density at radius 3 is 2.47 bits per heavy atom. The highest BCUT2D eigenvalue weighted by Gasteiger charge is 2.30. The molecule has 0 bridgehead atoms. The Kier molecular flexibility index (Phi) is 4.81. The van der Waals surface area contributed by atoms with Gasteiger partial charge in [-0.1, -0.05) is 18.2 Å². The molecule has 0 aliphatic rings. The van der Waals surface area contributed by atoms with Gasteiger partial charge in [-0.2, -0.15) is 17.7 Å². The van der Waals surface area contributed by atoms with Gasteiger partial charge in [-0.15, -0.1) is 0 Å². The van der Waals surface area contributed by atoms with Crippen LogP contribution in [0, 0.1) is 0 Å². The lowest BCUT2D eigenvalue weighted by atomic mass is 10.1. The van der Waals surface area contributed by atoms with Gasteiger partial charge in [0.15, 0.2) is 12.7 Å². The number of alkyl halides is 3. The third kappa shape index (κ3) is 3.56. The summed E-state index contributed by atoms with van der Waals surface area (Å²) in [7, 11) is 1.63. The Morgan fingerprint density at radius 1 is 0.969 bits per heavy atom. The fourth-order valence-corrected chi connectivity index (χ4v) is 3.97. The van der Waals surface area contributed by atoms with Crippen LogP contribution in [0.1, 0.15) is 11.1 Å². The van der Waals surface area contributed by atoms with Crippen molar-refractivity contribution in [3.05, 3.63) is 90.3 Å². The molecule has 0 atom stereocenters. The van der Waals surface area contributed by atoms with Crippen LogP contribution >= 0.6 is 0 Å². The largest absolute Gasteiger partial charge is 0.497 e.